The second kappa shape index (κ2) is 4.86. The molecule has 1 saturated heterocycles. The lowest BCUT2D eigenvalue weighted by Crippen LogP contribution is -2.46. The largest absolute Gasteiger partial charge is 0.548 e. The molecule has 19 heavy (non-hydrogen) atoms. The minimum Gasteiger partial charge on any atom is -0.548 e. The number of halogens is 2. The Hall–Kier alpha value is -1.54. The van der Waals surface area contributed by atoms with Crippen molar-refractivity contribution in [2.24, 2.45) is 0 Å². The molecule has 0 radical (unpaired) electrons. The average molecular weight is 290 g/mol. The molecule has 0 N–H and O–H groups in total. The standard InChI is InChI=1S/C11H11F2NO4S/c12-8-4-3-7(6-9(8)13)19(17,18)14-5-1-2-10(14)11(15)16/h3-4,6,10H,1-2,5H2,(H,15,16)/p-1/t10-/m0/s1. The van der Waals surface area contributed by atoms with Crippen LogP contribution in [0.4, 0.5) is 8.78 Å². The summed E-state index contributed by atoms with van der Waals surface area (Å²) in [6, 6.07) is 0.859. The third-order valence-corrected chi connectivity index (χ3v) is 4.88. The Morgan fingerprint density at radius 1 is 1.32 bits per heavy atom. The smallest absolute Gasteiger partial charge is 0.243 e. The molecule has 0 bridgehead atoms. The normalized spacial score (nSPS) is 20.6. The summed E-state index contributed by atoms with van der Waals surface area (Å²) in [4.78, 5) is 10.4. The van der Waals surface area contributed by atoms with Gasteiger partial charge < -0.3 is 9.90 Å². The maximum atomic E-state index is 13.1. The monoisotopic (exact) mass is 290 g/mol. The zero-order valence-electron chi connectivity index (χ0n) is 9.68. The summed E-state index contributed by atoms with van der Waals surface area (Å²) in [6.45, 7) is 0.0139. The van der Waals surface area contributed by atoms with E-state index in [4.69, 9.17) is 0 Å². The molecule has 1 aromatic carbocycles. The molecule has 5 nitrogen and oxygen atoms in total. The van der Waals surface area contributed by atoms with Crippen LogP contribution in [-0.2, 0) is 14.8 Å². The van der Waals surface area contributed by atoms with Gasteiger partial charge in [-0.2, -0.15) is 4.31 Å². The van der Waals surface area contributed by atoms with Crippen LogP contribution in [0.1, 0.15) is 12.8 Å². The van der Waals surface area contributed by atoms with Gasteiger partial charge >= 0.3 is 0 Å². The molecule has 1 atom stereocenters. The van der Waals surface area contributed by atoms with Crippen LogP contribution in [0.3, 0.4) is 0 Å². The lowest BCUT2D eigenvalue weighted by atomic mass is 10.2. The minimum absolute atomic E-state index is 0.0139. The molecule has 104 valence electrons. The Balaban J connectivity index is 2.42. The molecule has 1 aliphatic heterocycles. The van der Waals surface area contributed by atoms with Gasteiger partial charge in [-0.05, 0) is 31.0 Å². The first-order valence-corrected chi connectivity index (χ1v) is 6.96. The number of hydrogen-bond donors (Lipinski definition) is 0. The van der Waals surface area contributed by atoms with E-state index in [-0.39, 0.29) is 13.0 Å². The first kappa shape index (κ1) is 13.9. The topological polar surface area (TPSA) is 77.5 Å². The predicted molar refractivity (Wildman–Crippen MR) is 58.3 cm³/mol. The van der Waals surface area contributed by atoms with Crippen LogP contribution < -0.4 is 5.11 Å². The Bertz CT molecular complexity index is 617. The highest BCUT2D eigenvalue weighted by Gasteiger charge is 2.36. The Labute approximate surface area is 108 Å². The molecule has 0 amide bonds. The van der Waals surface area contributed by atoms with Crippen LogP contribution in [0.5, 0.6) is 0 Å². The van der Waals surface area contributed by atoms with Gasteiger partial charge in [-0.3, -0.25) is 0 Å². The number of rotatable bonds is 3. The van der Waals surface area contributed by atoms with Gasteiger partial charge in [0.05, 0.1) is 16.9 Å². The number of nitrogens with zero attached hydrogens (tertiary/aromatic N) is 1. The maximum absolute atomic E-state index is 13.1. The van der Waals surface area contributed by atoms with Crippen molar-refractivity contribution in [1.82, 2.24) is 4.31 Å². The Kier molecular flexibility index (Phi) is 3.55. The third kappa shape index (κ3) is 2.45. The van der Waals surface area contributed by atoms with Crippen LogP contribution in [0.25, 0.3) is 0 Å². The molecule has 0 spiro atoms. The van der Waals surface area contributed by atoms with Gasteiger partial charge in [-0.1, -0.05) is 0 Å². The number of carbonyl (C=O) groups excluding carboxylic acids is 1. The second-order valence-corrected chi connectivity index (χ2v) is 6.06. The van der Waals surface area contributed by atoms with Crippen LogP contribution >= 0.6 is 0 Å². The third-order valence-electron chi connectivity index (χ3n) is 2.97. The van der Waals surface area contributed by atoms with E-state index in [9.17, 15) is 27.1 Å². The summed E-state index contributed by atoms with van der Waals surface area (Å²) in [5.74, 6) is -3.97. The van der Waals surface area contributed by atoms with Gasteiger partial charge in [0.2, 0.25) is 10.0 Å². The van der Waals surface area contributed by atoms with E-state index in [1.165, 1.54) is 0 Å². The molecule has 8 heteroatoms. The Morgan fingerprint density at radius 3 is 2.58 bits per heavy atom. The number of carboxylic acids is 1. The number of carboxylic acid groups (broad SMARTS) is 1. The average Bonchev–Trinajstić information content (AvgIpc) is 2.82. The lowest BCUT2D eigenvalue weighted by Gasteiger charge is -2.24. The van der Waals surface area contributed by atoms with E-state index >= 15 is 0 Å². The van der Waals surface area contributed by atoms with Gasteiger partial charge in [0, 0.05) is 6.54 Å². The molecule has 0 saturated carbocycles. The van der Waals surface area contributed by atoms with Crippen molar-refractivity contribution in [2.75, 3.05) is 6.54 Å². The van der Waals surface area contributed by atoms with Crippen LogP contribution in [-0.4, -0.2) is 31.3 Å². The molecule has 0 unspecified atom stereocenters. The first-order chi connectivity index (χ1) is 8.84. The van der Waals surface area contributed by atoms with Crippen molar-refractivity contribution in [3.05, 3.63) is 29.8 Å². The van der Waals surface area contributed by atoms with Crippen molar-refractivity contribution < 1.29 is 27.1 Å². The lowest BCUT2D eigenvalue weighted by molar-refractivity contribution is -0.309. The summed E-state index contributed by atoms with van der Waals surface area (Å²) < 4.78 is 50.9. The molecule has 1 aliphatic rings. The van der Waals surface area contributed by atoms with Gasteiger partial charge in [-0.25, -0.2) is 17.2 Å². The van der Waals surface area contributed by atoms with E-state index in [1.807, 2.05) is 0 Å². The molecule has 0 aromatic heterocycles. The van der Waals surface area contributed by atoms with Crippen LogP contribution in [0.2, 0.25) is 0 Å². The van der Waals surface area contributed by atoms with Crippen molar-refractivity contribution >= 4 is 16.0 Å². The molecule has 0 aliphatic carbocycles. The van der Waals surface area contributed by atoms with E-state index in [0.717, 1.165) is 10.4 Å². The summed E-state index contributed by atoms with van der Waals surface area (Å²) in [5, 5.41) is 10.9. The van der Waals surface area contributed by atoms with Crippen molar-refractivity contribution in [3.63, 3.8) is 0 Å². The highest BCUT2D eigenvalue weighted by atomic mass is 32.2. The summed E-state index contributed by atoms with van der Waals surface area (Å²) in [7, 11) is -4.17. The number of benzene rings is 1. The molecule has 1 aromatic rings. The van der Waals surface area contributed by atoms with E-state index in [0.29, 0.717) is 18.6 Å². The highest BCUT2D eigenvalue weighted by molar-refractivity contribution is 7.89. The summed E-state index contributed by atoms with van der Waals surface area (Å²) in [5.41, 5.74) is 0. The predicted octanol–water partition coefficient (Wildman–Crippen LogP) is -0.132. The maximum Gasteiger partial charge on any atom is 0.243 e. The molecule has 2 rings (SSSR count). The van der Waals surface area contributed by atoms with Gasteiger partial charge in [-0.15, -0.1) is 0 Å². The second-order valence-electron chi connectivity index (χ2n) is 4.17. The molecule has 1 fully saturated rings. The molecule has 1 heterocycles. The number of carbonyl (C=O) groups is 1. The van der Waals surface area contributed by atoms with Crippen LogP contribution in [0, 0.1) is 11.6 Å². The number of aliphatic carboxylic acids is 1. The fourth-order valence-electron chi connectivity index (χ4n) is 2.04. The zero-order valence-corrected chi connectivity index (χ0v) is 10.5. The SMILES string of the molecule is O=C([O-])[C@@H]1CCCN1S(=O)(=O)c1ccc(F)c(F)c1. The summed E-state index contributed by atoms with van der Waals surface area (Å²) >= 11 is 0. The van der Waals surface area contributed by atoms with Gasteiger partial charge in [0.15, 0.2) is 11.6 Å². The minimum atomic E-state index is -4.17. The molecular formula is C11H10F2NO4S-. The van der Waals surface area contributed by atoms with E-state index < -0.39 is 38.6 Å². The van der Waals surface area contributed by atoms with Crippen molar-refractivity contribution in [1.29, 1.82) is 0 Å². The van der Waals surface area contributed by atoms with Crippen molar-refractivity contribution in [2.45, 2.75) is 23.8 Å². The quantitative estimate of drug-likeness (QED) is 0.777. The van der Waals surface area contributed by atoms with E-state index in [2.05, 4.69) is 0 Å². The number of hydrogen-bond acceptors (Lipinski definition) is 4. The van der Waals surface area contributed by atoms with Crippen LogP contribution in [0.15, 0.2) is 23.1 Å². The van der Waals surface area contributed by atoms with Gasteiger partial charge in [0.25, 0.3) is 0 Å². The van der Waals surface area contributed by atoms with E-state index in [1.54, 1.807) is 0 Å². The zero-order chi connectivity index (χ0) is 14.2. The number of sulfonamides is 1. The first-order valence-electron chi connectivity index (χ1n) is 5.52. The fraction of sp³-hybridized carbons (Fsp3) is 0.364. The highest BCUT2D eigenvalue weighted by Crippen LogP contribution is 2.26. The molecular weight excluding hydrogens is 280 g/mol. The Morgan fingerprint density at radius 2 is 2.00 bits per heavy atom. The summed E-state index contributed by atoms with van der Waals surface area (Å²) in [6.07, 6.45) is 0.521. The van der Waals surface area contributed by atoms with Crippen molar-refractivity contribution in [3.8, 4) is 0 Å². The fourth-order valence-corrected chi connectivity index (χ4v) is 3.70. The van der Waals surface area contributed by atoms with Gasteiger partial charge in [0.1, 0.15) is 0 Å².